The number of halogens is 4. The van der Waals surface area contributed by atoms with Crippen LogP contribution >= 0.6 is 22.9 Å². The first-order valence-electron chi connectivity index (χ1n) is 15.5. The van der Waals surface area contributed by atoms with Gasteiger partial charge in [-0.2, -0.15) is 5.26 Å². The highest BCUT2D eigenvalue weighted by molar-refractivity contribution is 7.23. The van der Waals surface area contributed by atoms with Gasteiger partial charge in [0.1, 0.15) is 42.2 Å². The van der Waals surface area contributed by atoms with Crippen LogP contribution in [0, 0.1) is 28.9 Å². The lowest BCUT2D eigenvalue weighted by molar-refractivity contribution is 0.0237. The van der Waals surface area contributed by atoms with E-state index in [9.17, 15) is 14.0 Å². The molecule has 7 heterocycles. The van der Waals surface area contributed by atoms with Gasteiger partial charge in [-0.15, -0.1) is 11.3 Å². The molecular formula is C32H29ClF3N7O2S. The summed E-state index contributed by atoms with van der Waals surface area (Å²) in [6, 6.07) is 4.94. The van der Waals surface area contributed by atoms with Crippen molar-refractivity contribution in [3.8, 4) is 22.9 Å². The van der Waals surface area contributed by atoms with E-state index in [-0.39, 0.29) is 73.9 Å². The minimum Gasteiger partial charge on any atom is -0.462 e. The number of nitrogens with zero attached hydrogens (tertiary/aromatic N) is 4. The smallest absolute Gasteiger partial charge is 0.302 e. The molecule has 0 amide bonds. The zero-order valence-electron chi connectivity index (χ0n) is 24.5. The number of rotatable bonds is 5. The molecular weight excluding hydrogens is 639 g/mol. The molecule has 9 nitrogen and oxygen atoms in total. The molecule has 4 saturated heterocycles. The van der Waals surface area contributed by atoms with E-state index >= 15 is 4.39 Å². The van der Waals surface area contributed by atoms with Crippen LogP contribution < -0.4 is 31.7 Å². The standard InChI is InChI=1S/C32H29ClF3N7O2S/c33-24-22(16-2-3-18(35)29-21(16)17(8-37)30(38)46-29)25(36)28-23-26(24)40-13-41-31(23)43(27-14-6-19(27)39-9-14)11-20(45-28)44-12-32-4-1-5-42(32)10-15(34)7-32/h2-3,11,14-15,19,27,39,41H,1,4-7,9-10,12-13,38H2/t14?,15-,19?,27?,32+/m1/s1. The number of hydrogen-bond donors (Lipinski definition) is 3. The van der Waals surface area contributed by atoms with Crippen LogP contribution in [0.3, 0.4) is 0 Å². The van der Waals surface area contributed by atoms with E-state index in [1.54, 1.807) is 6.20 Å². The van der Waals surface area contributed by atoms with Gasteiger partial charge in [0, 0.05) is 36.5 Å². The lowest BCUT2D eigenvalue weighted by Gasteiger charge is -2.43. The molecule has 1 aromatic heterocycles. The van der Waals surface area contributed by atoms with Gasteiger partial charge in [0.05, 0.1) is 43.6 Å². The minimum atomic E-state index is -0.927. The van der Waals surface area contributed by atoms with Gasteiger partial charge in [-0.05, 0) is 43.4 Å². The maximum absolute atomic E-state index is 17.2. The van der Waals surface area contributed by atoms with Crippen LogP contribution in [0.1, 0.15) is 31.2 Å². The molecule has 5 fully saturated rings. The van der Waals surface area contributed by atoms with Crippen molar-refractivity contribution in [3.63, 3.8) is 0 Å². The summed E-state index contributed by atoms with van der Waals surface area (Å²) >= 11 is 7.95. The van der Waals surface area contributed by atoms with Gasteiger partial charge in [0.2, 0.25) is 0 Å². The van der Waals surface area contributed by atoms with Crippen molar-refractivity contribution in [2.45, 2.75) is 49.5 Å². The maximum atomic E-state index is 17.2. The van der Waals surface area contributed by atoms with Crippen LogP contribution in [-0.2, 0) is 4.74 Å². The number of benzene rings is 2. The largest absolute Gasteiger partial charge is 0.462 e. The van der Waals surface area contributed by atoms with Crippen LogP contribution in [0.4, 0.5) is 18.2 Å². The fourth-order valence-electron chi connectivity index (χ4n) is 8.50. The third-order valence-electron chi connectivity index (χ3n) is 10.6. The Hall–Kier alpha value is -3.70. The van der Waals surface area contributed by atoms with Gasteiger partial charge in [-0.1, -0.05) is 17.7 Å². The number of nitrogens with one attached hydrogen (secondary N) is 2. The molecule has 0 spiro atoms. The Labute approximate surface area is 270 Å². The molecule has 3 aromatic rings. The number of alkyl halides is 1. The molecule has 14 heteroatoms. The molecule has 238 valence electrons. The fraction of sp³-hybridized carbons (Fsp3) is 0.438. The minimum absolute atomic E-state index is 0.0138. The average molecular weight is 668 g/mol. The zero-order chi connectivity index (χ0) is 31.5. The summed E-state index contributed by atoms with van der Waals surface area (Å²) in [5, 5.41) is 17.8. The van der Waals surface area contributed by atoms with Crippen LogP contribution in [0.5, 0.6) is 5.75 Å². The van der Waals surface area contributed by atoms with Crippen LogP contribution in [-0.4, -0.2) is 66.5 Å². The molecule has 0 radical (unpaired) electrons. The van der Waals surface area contributed by atoms with Crippen LogP contribution in [0.15, 0.2) is 29.3 Å². The predicted molar refractivity (Wildman–Crippen MR) is 167 cm³/mol. The first-order valence-corrected chi connectivity index (χ1v) is 16.7. The third-order valence-corrected chi connectivity index (χ3v) is 12.0. The van der Waals surface area contributed by atoms with E-state index in [0.717, 1.165) is 43.7 Å². The second kappa shape index (κ2) is 10.1. The van der Waals surface area contributed by atoms with Crippen LogP contribution in [0.2, 0.25) is 5.02 Å². The van der Waals surface area contributed by atoms with Crippen molar-refractivity contribution in [2.24, 2.45) is 10.9 Å². The topological polar surface area (TPSA) is 111 Å². The molecule has 1 aliphatic carbocycles. The quantitative estimate of drug-likeness (QED) is 0.379. The number of nitrogen functional groups attached to an aromatic ring is 1. The van der Waals surface area contributed by atoms with Gasteiger partial charge in [0.25, 0.3) is 0 Å². The summed E-state index contributed by atoms with van der Waals surface area (Å²) in [5.41, 5.74) is 5.82. The normalized spacial score (nSPS) is 29.2. The average Bonchev–Trinajstić information content (AvgIpc) is 3.84. The highest BCUT2D eigenvalue weighted by Gasteiger charge is 2.52. The van der Waals surface area contributed by atoms with Gasteiger partial charge in [-0.3, -0.25) is 9.89 Å². The van der Waals surface area contributed by atoms with Crippen molar-refractivity contribution in [2.75, 3.05) is 38.6 Å². The SMILES string of the molecule is N#Cc1c(N)sc2c(F)ccc(-c3c(F)c4c5c(c3Cl)=NCNC=5N(C3C5CNC3C5)C=C(OC[C@@]35CCCN3C[C@H](F)C5)O4)c12. The van der Waals surface area contributed by atoms with Gasteiger partial charge in [0.15, 0.2) is 11.6 Å². The lowest BCUT2D eigenvalue weighted by atomic mass is 9.79. The number of nitriles is 1. The number of anilines is 1. The highest BCUT2D eigenvalue weighted by Crippen LogP contribution is 2.46. The lowest BCUT2D eigenvalue weighted by Crippen LogP contribution is -2.56. The molecule has 10 rings (SSSR count). The summed E-state index contributed by atoms with van der Waals surface area (Å²) in [7, 11) is 0. The monoisotopic (exact) mass is 667 g/mol. The van der Waals surface area contributed by atoms with Gasteiger partial charge < -0.3 is 30.7 Å². The Morgan fingerprint density at radius 3 is 2.98 bits per heavy atom. The Kier molecular flexibility index (Phi) is 6.29. The second-order valence-electron chi connectivity index (χ2n) is 13.0. The second-order valence-corrected chi connectivity index (χ2v) is 14.4. The Bertz CT molecular complexity index is 2040. The third kappa shape index (κ3) is 3.90. The number of ether oxygens (including phenoxy) is 2. The number of hydrogen-bond acceptors (Lipinski definition) is 10. The van der Waals surface area contributed by atoms with Gasteiger partial charge >= 0.3 is 5.95 Å². The molecule has 4 N–H and O–H groups in total. The summed E-state index contributed by atoms with van der Waals surface area (Å²) in [5.74, 6) is -0.490. The Morgan fingerprint density at radius 2 is 2.20 bits per heavy atom. The van der Waals surface area contributed by atoms with E-state index in [4.69, 9.17) is 26.8 Å². The van der Waals surface area contributed by atoms with E-state index in [0.29, 0.717) is 35.3 Å². The number of thiophene rings is 1. The molecule has 5 atom stereocenters. The molecule has 2 bridgehead atoms. The first-order chi connectivity index (χ1) is 22.3. The number of nitrogens with two attached hydrogens (primary N) is 1. The predicted octanol–water partition coefficient (Wildman–Crippen LogP) is 3.65. The first kappa shape index (κ1) is 28.5. The number of fused-ring (bicyclic) bond motifs is 3. The van der Waals surface area contributed by atoms with Crippen molar-refractivity contribution >= 4 is 43.8 Å². The summed E-state index contributed by atoms with van der Waals surface area (Å²) in [6.45, 7) is 2.42. The van der Waals surface area contributed by atoms with E-state index in [1.807, 2.05) is 11.0 Å². The fourth-order valence-corrected chi connectivity index (χ4v) is 9.79. The van der Waals surface area contributed by atoms with Crippen molar-refractivity contribution < 1.29 is 22.6 Å². The van der Waals surface area contributed by atoms with Crippen molar-refractivity contribution in [1.29, 1.82) is 5.26 Å². The van der Waals surface area contributed by atoms with Crippen molar-refractivity contribution in [1.82, 2.24) is 20.4 Å². The van der Waals surface area contributed by atoms with Crippen LogP contribution in [0.25, 0.3) is 27.0 Å². The van der Waals surface area contributed by atoms with E-state index < -0.39 is 23.3 Å². The molecule has 7 aliphatic rings. The Balaban J connectivity index is 1.23. The zero-order valence-corrected chi connectivity index (χ0v) is 26.1. The summed E-state index contributed by atoms with van der Waals surface area (Å²) in [4.78, 5) is 8.85. The molecule has 6 aliphatic heterocycles. The maximum Gasteiger partial charge on any atom is 0.302 e. The molecule has 3 unspecified atom stereocenters. The summed E-state index contributed by atoms with van der Waals surface area (Å²) < 4.78 is 59.6. The molecule has 1 saturated carbocycles. The summed E-state index contributed by atoms with van der Waals surface area (Å²) in [6.07, 6.45) is 4.00. The Morgan fingerprint density at radius 1 is 1.33 bits per heavy atom. The highest BCUT2D eigenvalue weighted by atomic mass is 35.5. The van der Waals surface area contributed by atoms with Gasteiger partial charge in [-0.25, -0.2) is 13.2 Å². The molecule has 46 heavy (non-hydrogen) atoms. The van der Waals surface area contributed by atoms with E-state index in [2.05, 4.69) is 20.5 Å². The molecule has 2 aromatic carbocycles. The van der Waals surface area contributed by atoms with Crippen molar-refractivity contribution in [3.05, 3.63) is 57.1 Å². The van der Waals surface area contributed by atoms with E-state index in [1.165, 1.54) is 12.1 Å².